The van der Waals surface area contributed by atoms with Crippen molar-refractivity contribution < 1.29 is 24.3 Å². The molecule has 6 nitrogen and oxygen atoms in total. The number of carbonyl (C=O) groups is 1. The second-order valence-electron chi connectivity index (χ2n) is 4.80. The molecule has 0 radical (unpaired) electrons. The van der Waals surface area contributed by atoms with E-state index in [0.29, 0.717) is 18.9 Å². The summed E-state index contributed by atoms with van der Waals surface area (Å²) in [4.78, 5) is 29.8. The average Bonchev–Trinajstić information content (AvgIpc) is 2.61. The normalized spacial score (nSPS) is 39.4. The maximum atomic E-state index is 11.4. The third kappa shape index (κ3) is 1.70. The minimum atomic E-state index is -4.60. The molecule has 0 amide bonds. The van der Waals surface area contributed by atoms with Crippen molar-refractivity contribution in [3.05, 3.63) is 0 Å². The molecule has 0 aromatic carbocycles. The summed E-state index contributed by atoms with van der Waals surface area (Å²) in [7, 11) is -4.60. The van der Waals surface area contributed by atoms with E-state index in [1.807, 2.05) is 0 Å². The van der Waals surface area contributed by atoms with Crippen LogP contribution in [0.25, 0.3) is 0 Å². The summed E-state index contributed by atoms with van der Waals surface area (Å²) in [6.45, 7) is 1.50. The molecule has 2 fully saturated rings. The number of carboxylic acid groups (broad SMARTS) is 1. The molecule has 16 heavy (non-hydrogen) atoms. The highest BCUT2D eigenvalue weighted by Gasteiger charge is 2.58. The summed E-state index contributed by atoms with van der Waals surface area (Å²) in [5.41, 5.74) is 0. The lowest BCUT2D eigenvalue weighted by atomic mass is 9.75. The van der Waals surface area contributed by atoms with E-state index in [1.54, 1.807) is 0 Å². The molecule has 3 atom stereocenters. The third-order valence-corrected chi connectivity index (χ3v) is 5.68. The van der Waals surface area contributed by atoms with Crippen LogP contribution < -0.4 is 5.32 Å². The van der Waals surface area contributed by atoms with Gasteiger partial charge in [-0.3, -0.25) is 9.36 Å². The highest BCUT2D eigenvalue weighted by atomic mass is 31.2. The number of fused-ring (bicyclic) bond motifs is 1. The summed E-state index contributed by atoms with van der Waals surface area (Å²) in [6, 6.07) is 0. The molecule has 1 aliphatic heterocycles. The first-order chi connectivity index (χ1) is 7.37. The van der Waals surface area contributed by atoms with Gasteiger partial charge in [0.2, 0.25) is 0 Å². The van der Waals surface area contributed by atoms with E-state index >= 15 is 0 Å². The number of rotatable bonds is 2. The maximum Gasteiger partial charge on any atom is 0.342 e. The van der Waals surface area contributed by atoms with Crippen LogP contribution in [0.15, 0.2) is 0 Å². The van der Waals surface area contributed by atoms with Crippen LogP contribution in [0.1, 0.15) is 19.3 Å². The smallest absolute Gasteiger partial charge is 0.342 e. The van der Waals surface area contributed by atoms with E-state index in [9.17, 15) is 19.1 Å². The van der Waals surface area contributed by atoms with Crippen molar-refractivity contribution in [2.24, 2.45) is 11.8 Å². The molecule has 92 valence electrons. The van der Waals surface area contributed by atoms with Gasteiger partial charge in [0.25, 0.3) is 0 Å². The molecule has 2 aliphatic rings. The van der Waals surface area contributed by atoms with Gasteiger partial charge in [0.1, 0.15) is 0 Å². The Morgan fingerprint density at radius 1 is 1.31 bits per heavy atom. The van der Waals surface area contributed by atoms with Crippen LogP contribution >= 0.6 is 7.60 Å². The molecule has 4 N–H and O–H groups in total. The summed E-state index contributed by atoms with van der Waals surface area (Å²) in [6.07, 6.45) is 0.745. The Kier molecular flexibility index (Phi) is 2.87. The van der Waals surface area contributed by atoms with Gasteiger partial charge < -0.3 is 20.2 Å². The maximum absolute atomic E-state index is 11.4. The van der Waals surface area contributed by atoms with E-state index < -0.39 is 18.7 Å². The molecular formula is C9H16NO5P. The third-order valence-electron chi connectivity index (χ3n) is 3.96. The summed E-state index contributed by atoms with van der Waals surface area (Å²) < 4.78 is 11.4. The quantitative estimate of drug-likeness (QED) is 0.513. The molecular weight excluding hydrogens is 233 g/mol. The molecule has 3 unspecified atom stereocenters. The van der Waals surface area contributed by atoms with Gasteiger partial charge in [0.15, 0.2) is 5.16 Å². The zero-order valence-electron chi connectivity index (χ0n) is 8.80. The molecule has 1 saturated heterocycles. The fourth-order valence-electron chi connectivity index (χ4n) is 2.91. The monoisotopic (exact) mass is 249 g/mol. The zero-order chi connectivity index (χ0) is 12.0. The SMILES string of the molecule is O=C(O)C1(P(=O)(O)O)CCC2CNCC2C1. The van der Waals surface area contributed by atoms with E-state index in [-0.39, 0.29) is 18.8 Å². The van der Waals surface area contributed by atoms with Gasteiger partial charge in [-0.05, 0) is 44.2 Å². The lowest BCUT2D eigenvalue weighted by Crippen LogP contribution is -2.45. The molecule has 0 spiro atoms. The Labute approximate surface area is 93.2 Å². The molecule has 1 aliphatic carbocycles. The van der Waals surface area contributed by atoms with Crippen LogP contribution in [-0.4, -0.2) is 39.1 Å². The Morgan fingerprint density at radius 3 is 2.50 bits per heavy atom. The first-order valence-electron chi connectivity index (χ1n) is 5.36. The van der Waals surface area contributed by atoms with E-state index in [2.05, 4.69) is 5.32 Å². The highest BCUT2D eigenvalue weighted by molar-refractivity contribution is 7.54. The fourth-order valence-corrected chi connectivity index (χ4v) is 4.05. The predicted octanol–water partition coefficient (Wildman–Crippen LogP) is 0.00700. The largest absolute Gasteiger partial charge is 0.480 e. The van der Waals surface area contributed by atoms with Gasteiger partial charge in [0.05, 0.1) is 0 Å². The van der Waals surface area contributed by atoms with Crippen molar-refractivity contribution in [2.45, 2.75) is 24.4 Å². The van der Waals surface area contributed by atoms with Crippen molar-refractivity contribution in [3.63, 3.8) is 0 Å². The molecule has 0 aromatic heterocycles. The van der Waals surface area contributed by atoms with Crippen LogP contribution in [0.3, 0.4) is 0 Å². The summed E-state index contributed by atoms with van der Waals surface area (Å²) in [5, 5.41) is 10.4. The molecule has 7 heteroatoms. The van der Waals surface area contributed by atoms with Crippen molar-refractivity contribution >= 4 is 13.6 Å². The number of carboxylic acids is 1. The first kappa shape index (κ1) is 12.0. The molecule has 2 rings (SSSR count). The summed E-state index contributed by atoms with van der Waals surface area (Å²) >= 11 is 0. The molecule has 0 bridgehead atoms. The van der Waals surface area contributed by atoms with E-state index in [0.717, 1.165) is 6.54 Å². The van der Waals surface area contributed by atoms with Gasteiger partial charge in [-0.1, -0.05) is 0 Å². The highest BCUT2D eigenvalue weighted by Crippen LogP contribution is 2.59. The summed E-state index contributed by atoms with van der Waals surface area (Å²) in [5.74, 6) is -0.900. The number of nitrogens with one attached hydrogen (secondary N) is 1. The van der Waals surface area contributed by atoms with Crippen LogP contribution in [0.2, 0.25) is 0 Å². The van der Waals surface area contributed by atoms with Gasteiger partial charge >= 0.3 is 13.6 Å². The molecule has 1 heterocycles. The van der Waals surface area contributed by atoms with Gasteiger partial charge in [0, 0.05) is 0 Å². The van der Waals surface area contributed by atoms with Crippen LogP contribution in [-0.2, 0) is 9.36 Å². The first-order valence-corrected chi connectivity index (χ1v) is 6.98. The Morgan fingerprint density at radius 2 is 1.94 bits per heavy atom. The number of hydrogen-bond donors (Lipinski definition) is 4. The van der Waals surface area contributed by atoms with E-state index in [4.69, 9.17) is 5.11 Å². The Hall–Kier alpha value is -0.420. The number of hydrogen-bond acceptors (Lipinski definition) is 3. The number of aliphatic carboxylic acids is 1. The minimum Gasteiger partial charge on any atom is -0.480 e. The predicted molar refractivity (Wildman–Crippen MR) is 56.1 cm³/mol. The van der Waals surface area contributed by atoms with E-state index in [1.165, 1.54) is 0 Å². The van der Waals surface area contributed by atoms with Crippen LogP contribution in [0.4, 0.5) is 0 Å². The molecule has 1 saturated carbocycles. The van der Waals surface area contributed by atoms with Crippen molar-refractivity contribution in [2.75, 3.05) is 13.1 Å². The van der Waals surface area contributed by atoms with Crippen molar-refractivity contribution in [3.8, 4) is 0 Å². The average molecular weight is 249 g/mol. The van der Waals surface area contributed by atoms with Gasteiger partial charge in [-0.2, -0.15) is 0 Å². The van der Waals surface area contributed by atoms with Crippen molar-refractivity contribution in [1.29, 1.82) is 0 Å². The van der Waals surface area contributed by atoms with Gasteiger partial charge in [-0.15, -0.1) is 0 Å². The Bertz CT molecular complexity index is 354. The van der Waals surface area contributed by atoms with Crippen LogP contribution in [0, 0.1) is 11.8 Å². The zero-order valence-corrected chi connectivity index (χ0v) is 9.69. The Balaban J connectivity index is 2.29. The standard InChI is InChI=1S/C9H16NO5P/c11-8(12)9(16(13,14)15)2-1-6-4-10-5-7(6)3-9/h6-7,10H,1-5H2,(H,11,12)(H2,13,14,15). The lowest BCUT2D eigenvalue weighted by molar-refractivity contribution is -0.142. The van der Waals surface area contributed by atoms with Crippen LogP contribution in [0.5, 0.6) is 0 Å². The lowest BCUT2D eigenvalue weighted by Gasteiger charge is -2.38. The van der Waals surface area contributed by atoms with Crippen molar-refractivity contribution in [1.82, 2.24) is 5.32 Å². The van der Waals surface area contributed by atoms with Gasteiger partial charge in [-0.25, -0.2) is 0 Å². The molecule has 0 aromatic rings. The fraction of sp³-hybridized carbons (Fsp3) is 0.889. The topological polar surface area (TPSA) is 107 Å². The second-order valence-corrected chi connectivity index (χ2v) is 6.75. The minimum absolute atomic E-state index is 0.0788. The second kappa shape index (κ2) is 3.81.